The van der Waals surface area contributed by atoms with Gasteiger partial charge in [-0.15, -0.1) is 0 Å². The summed E-state index contributed by atoms with van der Waals surface area (Å²) in [5, 5.41) is 0. The van der Waals surface area contributed by atoms with Crippen LogP contribution in [0.25, 0.3) is 0 Å². The largest absolute Gasteiger partial charge is 0.410 e. The number of aliphatic imine (C=N–C) groups is 1. The molecule has 3 heteroatoms. The SMILES string of the molecule is CC(C)CC1=NC(C)(C)C(=O)O1. The van der Waals surface area contributed by atoms with Gasteiger partial charge in [0.25, 0.3) is 0 Å². The molecule has 0 aromatic rings. The molecule has 1 aliphatic heterocycles. The monoisotopic (exact) mass is 169 g/mol. The Hall–Kier alpha value is -0.860. The highest BCUT2D eigenvalue weighted by Gasteiger charge is 2.36. The molecule has 0 radical (unpaired) electrons. The first-order valence-electron chi connectivity index (χ1n) is 4.23. The molecule has 1 rings (SSSR count). The lowest BCUT2D eigenvalue weighted by Gasteiger charge is -2.05. The summed E-state index contributed by atoms with van der Waals surface area (Å²) in [5.41, 5.74) is -0.662. The standard InChI is InChI=1S/C9H15NO2/c1-6(2)5-7-10-9(3,4)8(11)12-7/h6H,5H2,1-4H3. The number of hydrogen-bond donors (Lipinski definition) is 0. The van der Waals surface area contributed by atoms with E-state index in [0.717, 1.165) is 6.42 Å². The van der Waals surface area contributed by atoms with Gasteiger partial charge in [-0.1, -0.05) is 13.8 Å². The maximum absolute atomic E-state index is 11.2. The van der Waals surface area contributed by atoms with E-state index >= 15 is 0 Å². The van der Waals surface area contributed by atoms with Crippen LogP contribution in [0.5, 0.6) is 0 Å². The smallest absolute Gasteiger partial charge is 0.340 e. The van der Waals surface area contributed by atoms with Crippen molar-refractivity contribution in [3.8, 4) is 0 Å². The van der Waals surface area contributed by atoms with Gasteiger partial charge in [0.1, 0.15) is 0 Å². The minimum Gasteiger partial charge on any atom is -0.410 e. The van der Waals surface area contributed by atoms with E-state index in [-0.39, 0.29) is 5.97 Å². The van der Waals surface area contributed by atoms with Gasteiger partial charge in [-0.25, -0.2) is 9.79 Å². The minimum atomic E-state index is -0.662. The van der Waals surface area contributed by atoms with Crippen molar-refractivity contribution in [3.05, 3.63) is 0 Å². The molecule has 3 nitrogen and oxygen atoms in total. The van der Waals surface area contributed by atoms with Crippen molar-refractivity contribution in [2.24, 2.45) is 10.9 Å². The molecule has 0 saturated carbocycles. The third-order valence-corrected chi connectivity index (χ3v) is 1.70. The predicted molar refractivity (Wildman–Crippen MR) is 47.1 cm³/mol. The highest BCUT2D eigenvalue weighted by molar-refractivity contribution is 5.99. The van der Waals surface area contributed by atoms with Gasteiger partial charge in [0, 0.05) is 6.42 Å². The van der Waals surface area contributed by atoms with Crippen LogP contribution in [0.3, 0.4) is 0 Å². The van der Waals surface area contributed by atoms with Crippen molar-refractivity contribution in [3.63, 3.8) is 0 Å². The molecule has 0 saturated heterocycles. The van der Waals surface area contributed by atoms with Crippen molar-refractivity contribution >= 4 is 11.9 Å². The third-order valence-electron chi connectivity index (χ3n) is 1.70. The molecule has 68 valence electrons. The molecule has 1 aliphatic rings. The highest BCUT2D eigenvalue weighted by atomic mass is 16.6. The Balaban J connectivity index is 2.66. The Morgan fingerprint density at radius 3 is 2.42 bits per heavy atom. The molecule has 12 heavy (non-hydrogen) atoms. The first kappa shape index (κ1) is 9.23. The van der Waals surface area contributed by atoms with Crippen molar-refractivity contribution in [2.45, 2.75) is 39.7 Å². The lowest BCUT2D eigenvalue weighted by atomic mass is 10.1. The van der Waals surface area contributed by atoms with E-state index in [1.165, 1.54) is 0 Å². The van der Waals surface area contributed by atoms with Gasteiger partial charge in [-0.3, -0.25) is 0 Å². The summed E-state index contributed by atoms with van der Waals surface area (Å²) in [7, 11) is 0. The average molecular weight is 169 g/mol. The van der Waals surface area contributed by atoms with Crippen LogP contribution in [0.2, 0.25) is 0 Å². The fraction of sp³-hybridized carbons (Fsp3) is 0.778. The quantitative estimate of drug-likeness (QED) is 0.591. The minimum absolute atomic E-state index is 0.238. The van der Waals surface area contributed by atoms with Gasteiger partial charge < -0.3 is 4.74 Å². The summed E-state index contributed by atoms with van der Waals surface area (Å²) in [6, 6.07) is 0. The Labute approximate surface area is 72.8 Å². The Kier molecular flexibility index (Phi) is 2.22. The third kappa shape index (κ3) is 1.84. The molecule has 0 bridgehead atoms. The van der Waals surface area contributed by atoms with Gasteiger partial charge in [-0.2, -0.15) is 0 Å². The van der Waals surface area contributed by atoms with Crippen molar-refractivity contribution in [2.75, 3.05) is 0 Å². The molecule has 0 N–H and O–H groups in total. The Morgan fingerprint density at radius 1 is 1.50 bits per heavy atom. The van der Waals surface area contributed by atoms with Gasteiger partial charge >= 0.3 is 5.97 Å². The molecule has 0 amide bonds. The zero-order valence-electron chi connectivity index (χ0n) is 8.05. The number of esters is 1. The fourth-order valence-electron chi connectivity index (χ4n) is 1.05. The van der Waals surface area contributed by atoms with Gasteiger partial charge in [-0.05, 0) is 19.8 Å². The van der Waals surface area contributed by atoms with Crippen molar-refractivity contribution in [1.82, 2.24) is 0 Å². The summed E-state index contributed by atoms with van der Waals surface area (Å²) >= 11 is 0. The molecule has 0 aromatic heterocycles. The van der Waals surface area contributed by atoms with Crippen molar-refractivity contribution < 1.29 is 9.53 Å². The van der Waals surface area contributed by atoms with E-state index in [2.05, 4.69) is 18.8 Å². The van der Waals surface area contributed by atoms with E-state index in [1.54, 1.807) is 13.8 Å². The maximum atomic E-state index is 11.2. The number of hydrogen-bond acceptors (Lipinski definition) is 3. The van der Waals surface area contributed by atoms with Crippen LogP contribution < -0.4 is 0 Å². The number of nitrogens with zero attached hydrogens (tertiary/aromatic N) is 1. The summed E-state index contributed by atoms with van der Waals surface area (Å²) in [4.78, 5) is 15.3. The first-order chi connectivity index (χ1) is 5.42. The van der Waals surface area contributed by atoms with Crippen LogP contribution in [0.4, 0.5) is 0 Å². The molecule has 0 fully saturated rings. The highest BCUT2D eigenvalue weighted by Crippen LogP contribution is 2.21. The second-order valence-corrected chi connectivity index (χ2v) is 4.05. The number of carbonyl (C=O) groups excluding carboxylic acids is 1. The number of cyclic esters (lactones) is 1. The normalized spacial score (nSPS) is 21.1. The number of carbonyl (C=O) groups is 1. The first-order valence-corrected chi connectivity index (χ1v) is 4.23. The topological polar surface area (TPSA) is 38.7 Å². The zero-order chi connectivity index (χ0) is 9.35. The van der Waals surface area contributed by atoms with E-state index in [9.17, 15) is 4.79 Å². The second kappa shape index (κ2) is 2.88. The van der Waals surface area contributed by atoms with Crippen molar-refractivity contribution in [1.29, 1.82) is 0 Å². The number of rotatable bonds is 2. The van der Waals surface area contributed by atoms with E-state index in [0.29, 0.717) is 11.8 Å². The predicted octanol–water partition coefficient (Wildman–Crippen LogP) is 1.77. The van der Waals surface area contributed by atoms with E-state index in [1.807, 2.05) is 0 Å². The second-order valence-electron chi connectivity index (χ2n) is 4.05. The fourth-order valence-corrected chi connectivity index (χ4v) is 1.05. The molecule has 0 atom stereocenters. The van der Waals surface area contributed by atoms with Crippen LogP contribution in [0.1, 0.15) is 34.1 Å². The Bertz CT molecular complexity index is 229. The molecule has 0 unspecified atom stereocenters. The van der Waals surface area contributed by atoms with Crippen LogP contribution in [0, 0.1) is 5.92 Å². The van der Waals surface area contributed by atoms with Crippen LogP contribution >= 0.6 is 0 Å². The molecule has 0 aromatic carbocycles. The molecule has 1 heterocycles. The number of ether oxygens (including phenoxy) is 1. The summed E-state index contributed by atoms with van der Waals surface area (Å²) in [6.07, 6.45) is 0.745. The van der Waals surface area contributed by atoms with E-state index < -0.39 is 5.54 Å². The molecular formula is C9H15NO2. The lowest BCUT2D eigenvalue weighted by Crippen LogP contribution is -2.25. The maximum Gasteiger partial charge on any atom is 0.340 e. The summed E-state index contributed by atoms with van der Waals surface area (Å²) in [5.74, 6) is 0.823. The van der Waals surface area contributed by atoms with Crippen LogP contribution in [-0.4, -0.2) is 17.4 Å². The lowest BCUT2D eigenvalue weighted by molar-refractivity contribution is -0.138. The van der Waals surface area contributed by atoms with E-state index in [4.69, 9.17) is 4.74 Å². The molecular weight excluding hydrogens is 154 g/mol. The molecule has 0 spiro atoms. The summed E-state index contributed by atoms with van der Waals surface area (Å²) < 4.78 is 5.00. The van der Waals surface area contributed by atoms with Gasteiger partial charge in [0.05, 0.1) is 0 Å². The van der Waals surface area contributed by atoms with Crippen LogP contribution in [0.15, 0.2) is 4.99 Å². The summed E-state index contributed by atoms with van der Waals surface area (Å²) in [6.45, 7) is 7.68. The van der Waals surface area contributed by atoms with Gasteiger partial charge in [0.15, 0.2) is 11.4 Å². The van der Waals surface area contributed by atoms with Crippen LogP contribution in [-0.2, 0) is 9.53 Å². The zero-order valence-corrected chi connectivity index (χ0v) is 8.05. The Morgan fingerprint density at radius 2 is 2.08 bits per heavy atom. The average Bonchev–Trinajstić information content (AvgIpc) is 2.04. The molecule has 0 aliphatic carbocycles. The van der Waals surface area contributed by atoms with Gasteiger partial charge in [0.2, 0.25) is 0 Å².